The van der Waals surface area contributed by atoms with Crippen LogP contribution in [0, 0.1) is 0 Å². The molecule has 1 atom stereocenters. The topological polar surface area (TPSA) is 41.5 Å². The van der Waals surface area contributed by atoms with Gasteiger partial charge in [0.1, 0.15) is 12.4 Å². The molecule has 134 valence electrons. The predicted octanol–water partition coefficient (Wildman–Crippen LogP) is 4.85. The first-order valence-corrected chi connectivity index (χ1v) is 9.40. The molecular formula is C22H22BrNO2. The largest absolute Gasteiger partial charge is 0.488 e. The highest BCUT2D eigenvalue weighted by atomic mass is 79.9. The van der Waals surface area contributed by atoms with E-state index in [1.54, 1.807) is 0 Å². The third kappa shape index (κ3) is 5.43. The van der Waals surface area contributed by atoms with Crippen LogP contribution in [-0.4, -0.2) is 11.7 Å². The van der Waals surface area contributed by atoms with Crippen LogP contribution in [0.2, 0.25) is 0 Å². The van der Waals surface area contributed by atoms with Crippen LogP contribution < -0.4 is 10.1 Å². The SMILES string of the molecule is O[C@@H](CNCc1ccc(OCc2ccccc2)c(Br)c1)c1ccccc1. The zero-order chi connectivity index (χ0) is 18.2. The smallest absolute Gasteiger partial charge is 0.134 e. The molecule has 0 saturated carbocycles. The summed E-state index contributed by atoms with van der Waals surface area (Å²) in [7, 11) is 0. The van der Waals surface area contributed by atoms with Crippen molar-refractivity contribution in [1.82, 2.24) is 5.32 Å². The standard InChI is InChI=1S/C22H22BrNO2/c23-20-13-18(14-24-15-21(25)19-9-5-2-6-10-19)11-12-22(20)26-16-17-7-3-1-4-8-17/h1-13,21,24-25H,14-16H2/t21-/m0/s1. The molecule has 26 heavy (non-hydrogen) atoms. The molecule has 0 fully saturated rings. The molecule has 3 aromatic rings. The van der Waals surface area contributed by atoms with Crippen molar-refractivity contribution in [3.63, 3.8) is 0 Å². The summed E-state index contributed by atoms with van der Waals surface area (Å²) in [5.41, 5.74) is 3.19. The highest BCUT2D eigenvalue weighted by Crippen LogP contribution is 2.27. The minimum atomic E-state index is -0.506. The Bertz CT molecular complexity index is 809. The second-order valence-electron chi connectivity index (χ2n) is 6.10. The number of benzene rings is 3. The first-order valence-electron chi connectivity index (χ1n) is 8.61. The van der Waals surface area contributed by atoms with Gasteiger partial charge in [0.05, 0.1) is 10.6 Å². The van der Waals surface area contributed by atoms with Crippen LogP contribution in [0.4, 0.5) is 0 Å². The molecule has 3 rings (SSSR count). The summed E-state index contributed by atoms with van der Waals surface area (Å²) in [5, 5.41) is 13.5. The van der Waals surface area contributed by atoms with Crippen LogP contribution in [0.3, 0.4) is 0 Å². The highest BCUT2D eigenvalue weighted by Gasteiger charge is 2.07. The Kier molecular flexibility index (Phi) is 6.83. The molecule has 3 aromatic carbocycles. The Labute approximate surface area is 162 Å². The highest BCUT2D eigenvalue weighted by molar-refractivity contribution is 9.10. The van der Waals surface area contributed by atoms with Crippen LogP contribution in [0.25, 0.3) is 0 Å². The van der Waals surface area contributed by atoms with Gasteiger partial charge in [0.2, 0.25) is 0 Å². The van der Waals surface area contributed by atoms with Crippen molar-refractivity contribution in [2.75, 3.05) is 6.54 Å². The molecule has 0 radical (unpaired) electrons. The second kappa shape index (κ2) is 9.53. The lowest BCUT2D eigenvalue weighted by atomic mass is 10.1. The minimum absolute atomic E-state index is 0.506. The van der Waals surface area contributed by atoms with E-state index < -0.39 is 6.10 Å². The second-order valence-corrected chi connectivity index (χ2v) is 6.95. The maximum atomic E-state index is 10.2. The van der Waals surface area contributed by atoms with Crippen LogP contribution in [0.1, 0.15) is 22.8 Å². The number of aliphatic hydroxyl groups is 1. The van der Waals surface area contributed by atoms with Gasteiger partial charge in [0.25, 0.3) is 0 Å². The number of aliphatic hydroxyl groups excluding tert-OH is 1. The van der Waals surface area contributed by atoms with Crippen LogP contribution in [0.5, 0.6) is 5.75 Å². The first-order chi connectivity index (χ1) is 12.7. The van der Waals surface area contributed by atoms with Crippen molar-refractivity contribution >= 4 is 15.9 Å². The quantitative estimate of drug-likeness (QED) is 0.556. The van der Waals surface area contributed by atoms with E-state index in [0.29, 0.717) is 19.7 Å². The van der Waals surface area contributed by atoms with Crippen molar-refractivity contribution in [2.45, 2.75) is 19.3 Å². The molecule has 0 bridgehead atoms. The first kappa shape index (κ1) is 18.6. The summed E-state index contributed by atoms with van der Waals surface area (Å²) in [5.74, 6) is 0.821. The Morgan fingerprint density at radius 2 is 1.58 bits per heavy atom. The predicted molar refractivity (Wildman–Crippen MR) is 108 cm³/mol. The van der Waals surface area contributed by atoms with Gasteiger partial charge in [-0.1, -0.05) is 66.7 Å². The van der Waals surface area contributed by atoms with Gasteiger partial charge in [0, 0.05) is 13.1 Å². The molecule has 0 aliphatic rings. The molecule has 0 heterocycles. The maximum absolute atomic E-state index is 10.2. The van der Waals surface area contributed by atoms with E-state index in [1.165, 1.54) is 0 Å². The third-order valence-corrected chi connectivity index (χ3v) is 4.70. The number of halogens is 1. The molecule has 0 unspecified atom stereocenters. The fourth-order valence-electron chi connectivity index (χ4n) is 2.65. The monoisotopic (exact) mass is 411 g/mol. The molecule has 0 aromatic heterocycles. The Hall–Kier alpha value is -2.14. The van der Waals surface area contributed by atoms with Gasteiger partial charge in [0.15, 0.2) is 0 Å². The summed E-state index contributed by atoms with van der Waals surface area (Å²) >= 11 is 3.58. The lowest BCUT2D eigenvalue weighted by molar-refractivity contribution is 0.174. The van der Waals surface area contributed by atoms with Crippen molar-refractivity contribution < 1.29 is 9.84 Å². The van der Waals surface area contributed by atoms with Gasteiger partial charge in [-0.3, -0.25) is 0 Å². The summed E-state index contributed by atoms with van der Waals surface area (Å²) in [6, 6.07) is 25.8. The van der Waals surface area contributed by atoms with Gasteiger partial charge in [-0.25, -0.2) is 0 Å². The van der Waals surface area contributed by atoms with E-state index in [1.807, 2.05) is 78.9 Å². The molecule has 0 amide bonds. The Morgan fingerprint density at radius 1 is 0.885 bits per heavy atom. The van der Waals surface area contributed by atoms with Gasteiger partial charge >= 0.3 is 0 Å². The summed E-state index contributed by atoms with van der Waals surface area (Å²) < 4.78 is 6.80. The van der Waals surface area contributed by atoms with Gasteiger partial charge in [-0.05, 0) is 44.8 Å². The molecule has 4 heteroatoms. The van der Waals surface area contributed by atoms with Crippen LogP contribution in [-0.2, 0) is 13.2 Å². The zero-order valence-electron chi connectivity index (χ0n) is 14.4. The molecule has 0 aliphatic carbocycles. The maximum Gasteiger partial charge on any atom is 0.134 e. The van der Waals surface area contributed by atoms with E-state index in [9.17, 15) is 5.11 Å². The van der Waals surface area contributed by atoms with Crippen molar-refractivity contribution in [2.24, 2.45) is 0 Å². The third-order valence-electron chi connectivity index (χ3n) is 4.08. The zero-order valence-corrected chi connectivity index (χ0v) is 16.0. The molecular weight excluding hydrogens is 390 g/mol. The van der Waals surface area contributed by atoms with E-state index in [4.69, 9.17) is 4.74 Å². The molecule has 0 aliphatic heterocycles. The fourth-order valence-corrected chi connectivity index (χ4v) is 3.19. The molecule has 0 saturated heterocycles. The van der Waals surface area contributed by atoms with Gasteiger partial charge in [-0.2, -0.15) is 0 Å². The van der Waals surface area contributed by atoms with Gasteiger partial charge in [-0.15, -0.1) is 0 Å². The number of rotatable bonds is 8. The van der Waals surface area contributed by atoms with E-state index >= 15 is 0 Å². The lowest BCUT2D eigenvalue weighted by Crippen LogP contribution is -2.21. The number of ether oxygens (including phenoxy) is 1. The van der Waals surface area contributed by atoms with E-state index in [-0.39, 0.29) is 0 Å². The average molecular weight is 412 g/mol. The van der Waals surface area contributed by atoms with E-state index in [0.717, 1.165) is 26.9 Å². The van der Waals surface area contributed by atoms with Crippen LogP contribution in [0.15, 0.2) is 83.3 Å². The average Bonchev–Trinajstić information content (AvgIpc) is 2.69. The van der Waals surface area contributed by atoms with Crippen LogP contribution >= 0.6 is 15.9 Å². The van der Waals surface area contributed by atoms with E-state index in [2.05, 4.69) is 21.2 Å². The summed E-state index contributed by atoms with van der Waals surface area (Å²) in [6.45, 7) is 1.73. The lowest BCUT2D eigenvalue weighted by Gasteiger charge is -2.13. The van der Waals surface area contributed by atoms with Crippen molar-refractivity contribution in [1.29, 1.82) is 0 Å². The summed E-state index contributed by atoms with van der Waals surface area (Å²) in [6.07, 6.45) is -0.506. The molecule has 3 nitrogen and oxygen atoms in total. The van der Waals surface area contributed by atoms with Crippen molar-refractivity contribution in [3.05, 3.63) is 100 Å². The summed E-state index contributed by atoms with van der Waals surface area (Å²) in [4.78, 5) is 0. The Morgan fingerprint density at radius 3 is 2.27 bits per heavy atom. The molecule has 2 N–H and O–H groups in total. The number of hydrogen-bond donors (Lipinski definition) is 2. The van der Waals surface area contributed by atoms with Crippen molar-refractivity contribution in [3.8, 4) is 5.75 Å². The number of nitrogens with one attached hydrogen (secondary N) is 1. The van der Waals surface area contributed by atoms with Gasteiger partial charge < -0.3 is 15.2 Å². The fraction of sp³-hybridized carbons (Fsp3) is 0.182. The normalized spacial score (nSPS) is 11.9. The minimum Gasteiger partial charge on any atom is -0.488 e. The Balaban J connectivity index is 1.49. The molecule has 0 spiro atoms. The number of hydrogen-bond acceptors (Lipinski definition) is 3.